The molecule has 0 bridgehead atoms. The lowest BCUT2D eigenvalue weighted by atomic mass is 10.1. The van der Waals surface area contributed by atoms with E-state index in [0.717, 1.165) is 10.5 Å². The second kappa shape index (κ2) is 3.09. The van der Waals surface area contributed by atoms with Crippen LogP contribution in [0.5, 0.6) is 0 Å². The molecule has 0 saturated heterocycles. The molecule has 1 aliphatic heterocycles. The van der Waals surface area contributed by atoms with Gasteiger partial charge in [-0.25, -0.2) is 0 Å². The van der Waals surface area contributed by atoms with Crippen LogP contribution in [0.4, 0.5) is 0 Å². The molecule has 0 spiro atoms. The molecule has 1 aromatic rings. The van der Waals surface area contributed by atoms with Gasteiger partial charge in [-0.3, -0.25) is 0 Å². The molecule has 0 radical (unpaired) electrons. The quantitative estimate of drug-likeness (QED) is 0.629. The zero-order valence-corrected chi connectivity index (χ0v) is 7.29. The Labute approximate surface area is 75.2 Å². The topological polar surface area (TPSA) is 40.5 Å². The van der Waals surface area contributed by atoms with Crippen molar-refractivity contribution in [2.45, 2.75) is 22.9 Å². The summed E-state index contributed by atoms with van der Waals surface area (Å²) in [6.07, 6.45) is -0.0606. The molecule has 0 amide bonds. The van der Waals surface area contributed by atoms with Gasteiger partial charge in [0, 0.05) is 11.3 Å². The highest BCUT2D eigenvalue weighted by Gasteiger charge is 2.24. The van der Waals surface area contributed by atoms with Gasteiger partial charge in [0.25, 0.3) is 0 Å². The van der Waals surface area contributed by atoms with Crippen molar-refractivity contribution in [2.24, 2.45) is 0 Å². The summed E-state index contributed by atoms with van der Waals surface area (Å²) in [6.45, 7) is 0. The fourth-order valence-corrected chi connectivity index (χ4v) is 2.30. The second-order valence-electron chi connectivity index (χ2n) is 2.89. The first-order valence-corrected chi connectivity index (χ1v) is 4.76. The van der Waals surface area contributed by atoms with Crippen molar-refractivity contribution in [3.8, 4) is 0 Å². The number of thioether (sulfide) groups is 1. The van der Waals surface area contributed by atoms with Gasteiger partial charge >= 0.3 is 0 Å². The summed E-state index contributed by atoms with van der Waals surface area (Å²) < 4.78 is 0. The molecule has 2 atom stereocenters. The predicted octanol–water partition coefficient (Wildman–Crippen LogP) is 1.01. The third kappa shape index (κ3) is 1.35. The van der Waals surface area contributed by atoms with Crippen molar-refractivity contribution in [2.75, 3.05) is 0 Å². The van der Waals surface area contributed by atoms with Crippen LogP contribution in [0.15, 0.2) is 29.2 Å². The van der Waals surface area contributed by atoms with Crippen molar-refractivity contribution >= 4 is 11.8 Å². The average molecular weight is 182 g/mol. The fraction of sp³-hybridized carbons (Fsp3) is 0.333. The van der Waals surface area contributed by atoms with E-state index < -0.39 is 11.5 Å². The highest BCUT2D eigenvalue weighted by Crippen LogP contribution is 2.33. The minimum Gasteiger partial charge on any atom is -0.389 e. The van der Waals surface area contributed by atoms with Gasteiger partial charge in [0.05, 0.1) is 6.10 Å². The molecule has 2 nitrogen and oxygen atoms in total. The van der Waals surface area contributed by atoms with Crippen LogP contribution in [0.25, 0.3) is 0 Å². The molecule has 0 saturated carbocycles. The smallest absolute Gasteiger partial charge is 0.130 e. The summed E-state index contributed by atoms with van der Waals surface area (Å²) in [6, 6.07) is 7.84. The zero-order valence-electron chi connectivity index (χ0n) is 6.47. The van der Waals surface area contributed by atoms with E-state index in [1.54, 1.807) is 0 Å². The highest BCUT2D eigenvalue weighted by molar-refractivity contribution is 7.99. The van der Waals surface area contributed by atoms with Crippen LogP contribution < -0.4 is 0 Å². The maximum Gasteiger partial charge on any atom is 0.130 e. The Morgan fingerprint density at radius 3 is 2.83 bits per heavy atom. The van der Waals surface area contributed by atoms with E-state index in [-0.39, 0.29) is 0 Å². The Balaban J connectivity index is 2.34. The predicted molar refractivity (Wildman–Crippen MR) is 48.0 cm³/mol. The maximum atomic E-state index is 9.35. The normalized spacial score (nSPS) is 28.2. The lowest BCUT2D eigenvalue weighted by molar-refractivity contribution is 0.0707. The van der Waals surface area contributed by atoms with E-state index in [0.29, 0.717) is 6.42 Å². The Kier molecular flexibility index (Phi) is 2.09. The minimum atomic E-state index is -0.667. The highest BCUT2D eigenvalue weighted by atomic mass is 32.2. The van der Waals surface area contributed by atoms with Crippen LogP contribution in [0.2, 0.25) is 0 Å². The molecule has 1 aliphatic rings. The molecule has 0 aliphatic carbocycles. The third-order valence-electron chi connectivity index (χ3n) is 1.98. The number of rotatable bonds is 0. The maximum absolute atomic E-state index is 9.35. The van der Waals surface area contributed by atoms with Gasteiger partial charge < -0.3 is 10.2 Å². The van der Waals surface area contributed by atoms with Gasteiger partial charge in [0.2, 0.25) is 0 Å². The molecule has 2 N–H and O–H groups in total. The molecular formula is C9H10O2S. The van der Waals surface area contributed by atoms with E-state index in [1.165, 1.54) is 11.8 Å². The van der Waals surface area contributed by atoms with E-state index in [9.17, 15) is 10.2 Å². The second-order valence-corrected chi connectivity index (χ2v) is 4.05. The van der Waals surface area contributed by atoms with Gasteiger partial charge in [0.1, 0.15) is 5.44 Å². The molecular weight excluding hydrogens is 172 g/mol. The largest absolute Gasteiger partial charge is 0.389 e. The van der Waals surface area contributed by atoms with Crippen LogP contribution in [-0.4, -0.2) is 21.8 Å². The lowest BCUT2D eigenvalue weighted by Gasteiger charge is -2.24. The van der Waals surface area contributed by atoms with Gasteiger partial charge in [-0.1, -0.05) is 30.0 Å². The van der Waals surface area contributed by atoms with Crippen molar-refractivity contribution < 1.29 is 10.2 Å². The summed E-state index contributed by atoms with van der Waals surface area (Å²) in [7, 11) is 0. The first kappa shape index (κ1) is 8.10. The molecule has 1 heterocycles. The van der Waals surface area contributed by atoms with Crippen LogP contribution >= 0.6 is 11.8 Å². The van der Waals surface area contributed by atoms with Crippen LogP contribution in [0.1, 0.15) is 5.56 Å². The number of hydrogen-bond acceptors (Lipinski definition) is 3. The van der Waals surface area contributed by atoms with Crippen LogP contribution in [-0.2, 0) is 6.42 Å². The van der Waals surface area contributed by atoms with E-state index in [2.05, 4.69) is 0 Å². The minimum absolute atomic E-state index is 0.560. The van der Waals surface area contributed by atoms with E-state index in [4.69, 9.17) is 0 Å². The molecule has 1 aromatic carbocycles. The first-order chi connectivity index (χ1) is 5.77. The Morgan fingerprint density at radius 1 is 1.25 bits per heavy atom. The van der Waals surface area contributed by atoms with Gasteiger partial charge in [0.15, 0.2) is 0 Å². The van der Waals surface area contributed by atoms with Crippen molar-refractivity contribution in [1.29, 1.82) is 0 Å². The summed E-state index contributed by atoms with van der Waals surface area (Å²) in [5, 5.41) is 18.7. The Morgan fingerprint density at radius 2 is 2.00 bits per heavy atom. The monoisotopic (exact) mass is 182 g/mol. The van der Waals surface area contributed by atoms with Crippen LogP contribution in [0, 0.1) is 0 Å². The summed E-state index contributed by atoms with van der Waals surface area (Å²) in [4.78, 5) is 1.08. The van der Waals surface area contributed by atoms with E-state index in [1.807, 2.05) is 24.3 Å². The number of benzene rings is 1. The zero-order chi connectivity index (χ0) is 8.55. The first-order valence-electron chi connectivity index (χ1n) is 3.88. The molecule has 3 heteroatoms. The number of aliphatic hydroxyl groups excluding tert-OH is 2. The van der Waals surface area contributed by atoms with Gasteiger partial charge in [-0.05, 0) is 11.6 Å². The standard InChI is InChI=1S/C9H10O2S/c10-7-5-6-3-1-2-4-8(6)12-9(7)11/h1-4,7,9-11H,5H2. The molecule has 0 fully saturated rings. The fourth-order valence-electron chi connectivity index (χ4n) is 1.32. The van der Waals surface area contributed by atoms with Gasteiger partial charge in [-0.2, -0.15) is 0 Å². The SMILES string of the molecule is OC1Cc2ccccc2SC1O. The Bertz CT molecular complexity index is 259. The van der Waals surface area contributed by atoms with E-state index >= 15 is 0 Å². The molecule has 64 valence electrons. The molecule has 2 unspecified atom stereocenters. The van der Waals surface area contributed by atoms with Crippen molar-refractivity contribution in [3.63, 3.8) is 0 Å². The Hall–Kier alpha value is -0.510. The third-order valence-corrected chi connectivity index (χ3v) is 3.19. The number of fused-ring (bicyclic) bond motifs is 1. The van der Waals surface area contributed by atoms with Crippen molar-refractivity contribution in [1.82, 2.24) is 0 Å². The molecule has 2 rings (SSSR count). The van der Waals surface area contributed by atoms with Crippen LogP contribution in [0.3, 0.4) is 0 Å². The molecule has 12 heavy (non-hydrogen) atoms. The lowest BCUT2D eigenvalue weighted by Crippen LogP contribution is -2.28. The van der Waals surface area contributed by atoms with Gasteiger partial charge in [-0.15, -0.1) is 0 Å². The number of aliphatic hydroxyl groups is 2. The summed E-state index contributed by atoms with van der Waals surface area (Å²) in [5.74, 6) is 0. The summed E-state index contributed by atoms with van der Waals surface area (Å²) >= 11 is 1.33. The number of hydrogen-bond donors (Lipinski definition) is 2. The van der Waals surface area contributed by atoms with Crippen molar-refractivity contribution in [3.05, 3.63) is 29.8 Å². The summed E-state index contributed by atoms with van der Waals surface area (Å²) in [5.41, 5.74) is 0.459. The average Bonchev–Trinajstić information content (AvgIpc) is 2.07. The molecule has 0 aromatic heterocycles.